The molecule has 0 bridgehead atoms. The van der Waals surface area contributed by atoms with Gasteiger partial charge in [0.2, 0.25) is 0 Å². The van der Waals surface area contributed by atoms with Crippen molar-refractivity contribution in [3.8, 4) is 24.7 Å². The van der Waals surface area contributed by atoms with Gasteiger partial charge in [0.25, 0.3) is 0 Å². The van der Waals surface area contributed by atoms with Crippen LogP contribution in [0.15, 0.2) is 0 Å². The molecule has 0 rings (SSSR count). The topological polar surface area (TPSA) is 52.6 Å². The molecule has 0 heterocycles. The van der Waals surface area contributed by atoms with Gasteiger partial charge < -0.3 is 0 Å². The summed E-state index contributed by atoms with van der Waals surface area (Å²) in [5.41, 5.74) is 0. The van der Waals surface area contributed by atoms with Crippen LogP contribution in [0.5, 0.6) is 0 Å². The molecule has 0 spiro atoms. The van der Waals surface area contributed by atoms with Crippen molar-refractivity contribution < 1.29 is 16.8 Å². The van der Waals surface area contributed by atoms with Crippen molar-refractivity contribution in [1.29, 1.82) is 0 Å². The zero-order valence-corrected chi connectivity index (χ0v) is 7.84. The van der Waals surface area contributed by atoms with Gasteiger partial charge in [-0.25, -0.2) is 8.37 Å². The van der Waals surface area contributed by atoms with Crippen LogP contribution in [-0.4, -0.2) is 21.6 Å². The smallest absolute Gasteiger partial charge is 0.247 e. The Morgan fingerprint density at radius 2 is 1.38 bits per heavy atom. The van der Waals surface area contributed by atoms with E-state index in [1.165, 1.54) is 0 Å². The molecule has 13 heavy (non-hydrogen) atoms. The van der Waals surface area contributed by atoms with Crippen molar-refractivity contribution in [2.24, 2.45) is 0 Å². The minimum atomic E-state index is -3.92. The lowest BCUT2D eigenvalue weighted by molar-refractivity contribution is 0.221. The molecule has 0 aromatic carbocycles. The highest BCUT2D eigenvalue weighted by molar-refractivity contribution is 7.81. The summed E-state index contributed by atoms with van der Waals surface area (Å²) < 4.78 is 30.3. The number of hydrogen-bond donors (Lipinski definition) is 0. The molecule has 0 amide bonds. The van der Waals surface area contributed by atoms with Crippen LogP contribution in [0.1, 0.15) is 12.8 Å². The SMILES string of the molecule is C#CCCOS(=O)(=O)OCCC#C. The predicted molar refractivity (Wildman–Crippen MR) is 47.7 cm³/mol. The molecule has 0 atom stereocenters. The third-order valence-corrected chi connectivity index (χ3v) is 1.86. The molecular formula is C8H10O4S. The largest absolute Gasteiger partial charge is 0.399 e. The van der Waals surface area contributed by atoms with E-state index in [2.05, 4.69) is 20.2 Å². The minimum Gasteiger partial charge on any atom is -0.247 e. The van der Waals surface area contributed by atoms with Crippen LogP contribution in [0.2, 0.25) is 0 Å². The molecule has 0 aliphatic rings. The molecule has 72 valence electrons. The first-order valence-electron chi connectivity index (χ1n) is 3.53. The molecule has 0 aliphatic carbocycles. The van der Waals surface area contributed by atoms with E-state index in [1.54, 1.807) is 0 Å². The molecule has 0 N–H and O–H groups in total. The normalized spacial score (nSPS) is 10.3. The van der Waals surface area contributed by atoms with Gasteiger partial charge in [-0.15, -0.1) is 24.7 Å². The van der Waals surface area contributed by atoms with Crippen LogP contribution < -0.4 is 0 Å². The van der Waals surface area contributed by atoms with Gasteiger partial charge in [-0.05, 0) is 0 Å². The minimum absolute atomic E-state index is 0.0745. The van der Waals surface area contributed by atoms with Gasteiger partial charge in [0.15, 0.2) is 0 Å². The summed E-state index contributed by atoms with van der Waals surface area (Å²) in [5, 5.41) is 0. The molecule has 0 unspecified atom stereocenters. The highest BCUT2D eigenvalue weighted by Crippen LogP contribution is 1.97. The quantitative estimate of drug-likeness (QED) is 0.459. The maximum absolute atomic E-state index is 10.8. The van der Waals surface area contributed by atoms with E-state index in [1.807, 2.05) is 0 Å². The number of rotatable bonds is 6. The zero-order valence-electron chi connectivity index (χ0n) is 7.02. The van der Waals surface area contributed by atoms with E-state index in [0.29, 0.717) is 0 Å². The van der Waals surface area contributed by atoms with Gasteiger partial charge in [-0.2, -0.15) is 8.42 Å². The van der Waals surface area contributed by atoms with Gasteiger partial charge in [0.1, 0.15) is 0 Å². The maximum atomic E-state index is 10.8. The van der Waals surface area contributed by atoms with Gasteiger partial charge >= 0.3 is 10.4 Å². The molecule has 0 fully saturated rings. The molecule has 0 aliphatic heterocycles. The van der Waals surface area contributed by atoms with Crippen molar-refractivity contribution in [3.63, 3.8) is 0 Å². The molecule has 0 saturated carbocycles. The predicted octanol–water partition coefficient (Wildman–Crippen LogP) is 0.311. The fourth-order valence-corrected chi connectivity index (χ4v) is 1.08. The van der Waals surface area contributed by atoms with Crippen molar-refractivity contribution in [2.75, 3.05) is 13.2 Å². The second kappa shape index (κ2) is 6.50. The molecule has 0 saturated heterocycles. The summed E-state index contributed by atoms with van der Waals surface area (Å²) in [4.78, 5) is 0. The van der Waals surface area contributed by atoms with E-state index in [0.717, 1.165) is 0 Å². The molecule has 0 radical (unpaired) electrons. The second-order valence-corrected chi connectivity index (χ2v) is 3.25. The summed E-state index contributed by atoms with van der Waals surface area (Å²) in [5.74, 6) is 4.46. The van der Waals surface area contributed by atoms with Gasteiger partial charge in [-0.1, -0.05) is 0 Å². The van der Waals surface area contributed by atoms with Gasteiger partial charge in [-0.3, -0.25) is 0 Å². The fraction of sp³-hybridized carbons (Fsp3) is 0.500. The Morgan fingerprint density at radius 3 is 1.69 bits per heavy atom. The highest BCUT2D eigenvalue weighted by Gasteiger charge is 2.09. The Kier molecular flexibility index (Phi) is 5.99. The summed E-state index contributed by atoms with van der Waals surface area (Å²) in [7, 11) is -3.92. The van der Waals surface area contributed by atoms with Crippen molar-refractivity contribution in [1.82, 2.24) is 0 Å². The summed E-state index contributed by atoms with van der Waals surface area (Å²) in [6.45, 7) is -0.149. The van der Waals surface area contributed by atoms with Crippen LogP contribution >= 0.6 is 0 Å². The zero-order chi connectivity index (χ0) is 10.2. The van der Waals surface area contributed by atoms with E-state index in [9.17, 15) is 8.42 Å². The number of terminal acetylenes is 2. The van der Waals surface area contributed by atoms with Crippen LogP contribution in [-0.2, 0) is 18.8 Å². The molecule has 5 heteroatoms. The van der Waals surface area contributed by atoms with E-state index in [4.69, 9.17) is 12.8 Å². The van der Waals surface area contributed by atoms with Crippen LogP contribution in [0, 0.1) is 24.7 Å². The Labute approximate surface area is 78.6 Å². The fourth-order valence-electron chi connectivity index (χ4n) is 0.439. The Bertz CT molecular complexity index is 278. The van der Waals surface area contributed by atoms with Crippen molar-refractivity contribution in [3.05, 3.63) is 0 Å². The molecule has 0 aromatic heterocycles. The lowest BCUT2D eigenvalue weighted by Crippen LogP contribution is -2.11. The van der Waals surface area contributed by atoms with Crippen LogP contribution in [0.25, 0.3) is 0 Å². The van der Waals surface area contributed by atoms with E-state index < -0.39 is 10.4 Å². The summed E-state index contributed by atoms with van der Waals surface area (Å²) >= 11 is 0. The first-order valence-corrected chi connectivity index (χ1v) is 4.86. The third-order valence-electron chi connectivity index (χ3n) is 0.948. The summed E-state index contributed by atoms with van der Waals surface area (Å²) in [6, 6.07) is 0. The first-order chi connectivity index (χ1) is 6.12. The van der Waals surface area contributed by atoms with Crippen LogP contribution in [0.3, 0.4) is 0 Å². The standard InChI is InChI=1S/C8H10O4S/c1-3-5-7-11-13(9,10)12-8-6-4-2/h1-2H,5-8H2. The lowest BCUT2D eigenvalue weighted by Gasteiger charge is -2.02. The lowest BCUT2D eigenvalue weighted by atomic mass is 10.5. The monoisotopic (exact) mass is 202 g/mol. The van der Waals surface area contributed by atoms with Crippen molar-refractivity contribution >= 4 is 10.4 Å². The first kappa shape index (κ1) is 12.0. The number of hydrogen-bond acceptors (Lipinski definition) is 4. The highest BCUT2D eigenvalue weighted by atomic mass is 32.3. The third kappa shape index (κ3) is 7.35. The molecular weight excluding hydrogens is 192 g/mol. The average Bonchev–Trinajstić information content (AvgIpc) is 2.05. The maximum Gasteiger partial charge on any atom is 0.399 e. The van der Waals surface area contributed by atoms with E-state index >= 15 is 0 Å². The van der Waals surface area contributed by atoms with Gasteiger partial charge in [0, 0.05) is 12.8 Å². The second-order valence-electron chi connectivity index (χ2n) is 1.96. The molecule has 0 aromatic rings. The Morgan fingerprint density at radius 1 is 1.00 bits per heavy atom. The van der Waals surface area contributed by atoms with Crippen LogP contribution in [0.4, 0.5) is 0 Å². The van der Waals surface area contributed by atoms with Gasteiger partial charge in [0.05, 0.1) is 13.2 Å². The summed E-state index contributed by atoms with van der Waals surface area (Å²) in [6.07, 6.45) is 10.2. The Balaban J connectivity index is 3.71. The average molecular weight is 202 g/mol. The van der Waals surface area contributed by atoms with E-state index in [-0.39, 0.29) is 26.1 Å². The Hall–Kier alpha value is -1.01. The van der Waals surface area contributed by atoms with Crippen molar-refractivity contribution in [2.45, 2.75) is 12.8 Å². The molecule has 4 nitrogen and oxygen atoms in total.